The molecule has 2 N–H and O–H groups in total. The Morgan fingerprint density at radius 3 is 2.44 bits per heavy atom. The van der Waals surface area contributed by atoms with Gasteiger partial charge in [-0.3, -0.25) is 9.59 Å². The molecule has 4 saturated carbocycles. The zero-order valence-corrected chi connectivity index (χ0v) is 15.4. The van der Waals surface area contributed by atoms with Crippen LogP contribution in [0.4, 0.5) is 0 Å². The summed E-state index contributed by atoms with van der Waals surface area (Å²) in [7, 11) is 0. The van der Waals surface area contributed by atoms with Crippen molar-refractivity contribution in [1.29, 1.82) is 0 Å². The molecule has 4 aliphatic rings. The third-order valence-electron chi connectivity index (χ3n) is 6.20. The second-order valence-corrected chi connectivity index (χ2v) is 9.09. The molecule has 0 aliphatic heterocycles. The predicted octanol–water partition coefficient (Wildman–Crippen LogP) is 2.84. The minimum Gasteiger partial charge on any atom is -0.346 e. The van der Waals surface area contributed by atoms with Gasteiger partial charge in [0.15, 0.2) is 0 Å². The van der Waals surface area contributed by atoms with Crippen molar-refractivity contribution in [2.45, 2.75) is 45.4 Å². The molecule has 0 aromatic carbocycles. The van der Waals surface area contributed by atoms with E-state index in [2.05, 4.69) is 15.8 Å². The van der Waals surface area contributed by atoms with Crippen LogP contribution < -0.4 is 10.7 Å². The van der Waals surface area contributed by atoms with Crippen LogP contribution in [-0.4, -0.2) is 24.6 Å². The molecule has 6 heteroatoms. The van der Waals surface area contributed by atoms with Crippen molar-refractivity contribution in [3.63, 3.8) is 0 Å². The predicted molar refractivity (Wildman–Crippen MR) is 98.4 cm³/mol. The van der Waals surface area contributed by atoms with Gasteiger partial charge in [-0.2, -0.15) is 5.10 Å². The van der Waals surface area contributed by atoms with Gasteiger partial charge in [-0.05, 0) is 80.2 Å². The van der Waals surface area contributed by atoms with Crippen LogP contribution in [0.3, 0.4) is 0 Å². The zero-order valence-electron chi connectivity index (χ0n) is 14.6. The summed E-state index contributed by atoms with van der Waals surface area (Å²) in [6.45, 7) is 2.01. The van der Waals surface area contributed by atoms with E-state index in [1.54, 1.807) is 17.6 Å². The first-order valence-electron chi connectivity index (χ1n) is 9.18. The third-order valence-corrected chi connectivity index (χ3v) is 7.16. The van der Waals surface area contributed by atoms with E-state index in [0.29, 0.717) is 0 Å². The highest BCUT2D eigenvalue weighted by Gasteiger charge is 2.54. The number of aryl methyl sites for hydroxylation is 1. The number of thiophene rings is 1. The van der Waals surface area contributed by atoms with E-state index in [4.69, 9.17) is 0 Å². The van der Waals surface area contributed by atoms with Crippen molar-refractivity contribution in [2.24, 2.45) is 28.3 Å². The van der Waals surface area contributed by atoms with Crippen LogP contribution in [0.5, 0.6) is 0 Å². The minimum atomic E-state index is -0.275. The standard InChI is InChI=1S/C19H25N3O2S/c1-12-2-3-25-16(12)10-21-22-17(23)11-20-18(24)19-7-13-4-14(8-19)6-15(5-13)9-19/h2-3,10,13-15H,4-9,11H2,1H3,(H,20,24)(H,22,23). The fourth-order valence-electron chi connectivity index (χ4n) is 5.46. The first-order valence-corrected chi connectivity index (χ1v) is 10.1. The summed E-state index contributed by atoms with van der Waals surface area (Å²) in [5.41, 5.74) is 3.43. The molecule has 1 aromatic heterocycles. The van der Waals surface area contributed by atoms with E-state index in [1.165, 1.54) is 19.3 Å². The van der Waals surface area contributed by atoms with Crippen molar-refractivity contribution in [3.05, 3.63) is 21.9 Å². The Bertz CT molecular complexity index is 674. The van der Waals surface area contributed by atoms with Gasteiger partial charge in [0.1, 0.15) is 0 Å². The number of hydrogen-bond acceptors (Lipinski definition) is 4. The van der Waals surface area contributed by atoms with E-state index in [0.717, 1.165) is 47.5 Å². The van der Waals surface area contributed by atoms with Crippen LogP contribution >= 0.6 is 11.3 Å². The van der Waals surface area contributed by atoms with Crippen LogP contribution in [0.25, 0.3) is 0 Å². The highest BCUT2D eigenvalue weighted by atomic mass is 32.1. The number of hydrogen-bond donors (Lipinski definition) is 2. The number of nitrogens with zero attached hydrogens (tertiary/aromatic N) is 1. The average Bonchev–Trinajstić information content (AvgIpc) is 2.96. The summed E-state index contributed by atoms with van der Waals surface area (Å²) in [6.07, 6.45) is 8.63. The van der Waals surface area contributed by atoms with Crippen LogP contribution in [0.1, 0.15) is 49.0 Å². The topological polar surface area (TPSA) is 70.6 Å². The second kappa shape index (κ2) is 6.56. The smallest absolute Gasteiger partial charge is 0.259 e. The van der Waals surface area contributed by atoms with Gasteiger partial charge in [0.2, 0.25) is 5.91 Å². The minimum absolute atomic E-state index is 0.00134. The number of carbonyl (C=O) groups excluding carboxylic acids is 2. The largest absolute Gasteiger partial charge is 0.346 e. The maximum absolute atomic E-state index is 12.8. The molecule has 1 heterocycles. The van der Waals surface area contributed by atoms with Crippen molar-refractivity contribution in [1.82, 2.24) is 10.7 Å². The van der Waals surface area contributed by atoms with E-state index in [-0.39, 0.29) is 23.8 Å². The summed E-state index contributed by atoms with van der Waals surface area (Å²) >= 11 is 1.58. The summed E-state index contributed by atoms with van der Waals surface area (Å²) in [5, 5.41) is 8.84. The van der Waals surface area contributed by atoms with Gasteiger partial charge >= 0.3 is 0 Å². The molecule has 0 saturated heterocycles. The van der Waals surface area contributed by atoms with Gasteiger partial charge < -0.3 is 5.32 Å². The number of hydrazone groups is 1. The first-order chi connectivity index (χ1) is 12.0. The van der Waals surface area contributed by atoms with E-state index in [9.17, 15) is 9.59 Å². The lowest BCUT2D eigenvalue weighted by molar-refractivity contribution is -0.147. The summed E-state index contributed by atoms with van der Waals surface area (Å²) in [6, 6.07) is 2.01. The highest BCUT2D eigenvalue weighted by molar-refractivity contribution is 7.11. The number of carbonyl (C=O) groups is 2. The Morgan fingerprint density at radius 1 is 1.24 bits per heavy atom. The van der Waals surface area contributed by atoms with Crippen LogP contribution in [0, 0.1) is 30.1 Å². The summed E-state index contributed by atoms with van der Waals surface area (Å²) in [4.78, 5) is 25.8. The van der Waals surface area contributed by atoms with E-state index >= 15 is 0 Å². The van der Waals surface area contributed by atoms with Crippen LogP contribution in [-0.2, 0) is 9.59 Å². The fraction of sp³-hybridized carbons (Fsp3) is 0.632. The number of rotatable bonds is 5. The lowest BCUT2D eigenvalue weighted by Crippen LogP contribution is -2.54. The monoisotopic (exact) mass is 359 g/mol. The lowest BCUT2D eigenvalue weighted by atomic mass is 9.49. The van der Waals surface area contributed by atoms with Gasteiger partial charge in [0.25, 0.3) is 5.91 Å². The third kappa shape index (κ3) is 3.36. The zero-order chi connectivity index (χ0) is 17.4. The molecule has 4 aliphatic carbocycles. The van der Waals surface area contributed by atoms with Gasteiger partial charge in [0, 0.05) is 10.3 Å². The molecule has 25 heavy (non-hydrogen) atoms. The number of amides is 2. The molecule has 0 atom stereocenters. The van der Waals surface area contributed by atoms with Gasteiger partial charge in [-0.25, -0.2) is 5.43 Å². The Balaban J connectivity index is 1.28. The maximum atomic E-state index is 12.8. The Labute approximate surface area is 152 Å². The van der Waals surface area contributed by atoms with E-state index < -0.39 is 0 Å². The molecule has 5 rings (SSSR count). The maximum Gasteiger partial charge on any atom is 0.259 e. The molecule has 0 spiro atoms. The fourth-order valence-corrected chi connectivity index (χ4v) is 6.24. The average molecular weight is 359 g/mol. The highest BCUT2D eigenvalue weighted by Crippen LogP contribution is 2.60. The molecule has 134 valence electrons. The number of nitrogens with one attached hydrogen (secondary N) is 2. The molecule has 0 radical (unpaired) electrons. The van der Waals surface area contributed by atoms with Crippen molar-refractivity contribution in [3.8, 4) is 0 Å². The van der Waals surface area contributed by atoms with Gasteiger partial charge in [-0.1, -0.05) is 0 Å². The molecule has 2 amide bonds. The quantitative estimate of drug-likeness (QED) is 0.627. The molecular formula is C19H25N3O2S. The first kappa shape index (κ1) is 16.8. The normalized spacial score (nSPS) is 32.9. The van der Waals surface area contributed by atoms with Crippen LogP contribution in [0.2, 0.25) is 0 Å². The summed E-state index contributed by atoms with van der Waals surface area (Å²) in [5.74, 6) is 1.99. The molecule has 0 unspecified atom stereocenters. The molecule has 5 nitrogen and oxygen atoms in total. The molecular weight excluding hydrogens is 334 g/mol. The van der Waals surface area contributed by atoms with Crippen molar-refractivity contribution >= 4 is 29.4 Å². The Morgan fingerprint density at radius 2 is 1.88 bits per heavy atom. The lowest BCUT2D eigenvalue weighted by Gasteiger charge is -2.55. The van der Waals surface area contributed by atoms with Gasteiger partial charge in [0.05, 0.1) is 12.8 Å². The molecule has 1 aromatic rings. The summed E-state index contributed by atoms with van der Waals surface area (Å²) < 4.78 is 0. The van der Waals surface area contributed by atoms with E-state index in [1.807, 2.05) is 18.4 Å². The molecule has 4 fully saturated rings. The van der Waals surface area contributed by atoms with Crippen molar-refractivity contribution in [2.75, 3.05) is 6.54 Å². The Kier molecular flexibility index (Phi) is 4.40. The SMILES string of the molecule is Cc1ccsc1C=NNC(=O)CNC(=O)C12CC3CC(CC(C3)C1)C2. The van der Waals surface area contributed by atoms with Crippen LogP contribution in [0.15, 0.2) is 16.5 Å². The second-order valence-electron chi connectivity index (χ2n) is 8.14. The van der Waals surface area contributed by atoms with Crippen molar-refractivity contribution < 1.29 is 9.59 Å². The van der Waals surface area contributed by atoms with Gasteiger partial charge in [-0.15, -0.1) is 11.3 Å². The Hall–Kier alpha value is -1.69. The molecule has 4 bridgehead atoms.